The molecule has 0 saturated carbocycles. The number of benzene rings is 3. The zero-order valence-corrected chi connectivity index (χ0v) is 20.5. The molecule has 30 heavy (non-hydrogen) atoms. The molecule has 0 aromatic heterocycles. The Balaban J connectivity index is 1.65. The van der Waals surface area contributed by atoms with E-state index in [2.05, 4.69) is 41.4 Å². The van der Waals surface area contributed by atoms with Gasteiger partial charge in [-0.05, 0) is 0 Å². The van der Waals surface area contributed by atoms with E-state index in [1.165, 1.54) is 3.12 Å². The molecule has 0 bridgehead atoms. The Labute approximate surface area is 186 Å². The van der Waals surface area contributed by atoms with E-state index in [4.69, 9.17) is 4.98 Å². The fourth-order valence-corrected chi connectivity index (χ4v) is 8.34. The van der Waals surface area contributed by atoms with E-state index in [0.717, 1.165) is 25.9 Å². The molecule has 0 atom stereocenters. The normalized spacial score (nSPS) is 10.8. The first-order valence-electron chi connectivity index (χ1n) is 10.0. The molecule has 2 aliphatic rings. The molecule has 0 unspecified atom stereocenters. The number of hydrogen-bond donors (Lipinski definition) is 1. The van der Waals surface area contributed by atoms with Crippen molar-refractivity contribution in [2.24, 2.45) is 0 Å². The van der Waals surface area contributed by atoms with Crippen LogP contribution in [0.4, 0.5) is 0 Å². The minimum atomic E-state index is -1.60. The summed E-state index contributed by atoms with van der Waals surface area (Å²) in [6, 6.07) is 30.8. The molecule has 0 spiro atoms. The Bertz CT molecular complexity index is 1290. The van der Waals surface area contributed by atoms with Crippen molar-refractivity contribution in [1.29, 1.82) is 0 Å². The van der Waals surface area contributed by atoms with Gasteiger partial charge in [0, 0.05) is 0 Å². The number of nitrogens with one attached hydrogen (secondary N) is 1. The van der Waals surface area contributed by atoms with Crippen molar-refractivity contribution in [3.63, 3.8) is 0 Å². The van der Waals surface area contributed by atoms with Gasteiger partial charge in [0.1, 0.15) is 0 Å². The molecule has 3 aromatic carbocycles. The summed E-state index contributed by atoms with van der Waals surface area (Å²) in [5.41, 5.74) is 3.68. The molecule has 2 aliphatic heterocycles. The van der Waals surface area contributed by atoms with Crippen molar-refractivity contribution >= 4 is 6.38 Å². The van der Waals surface area contributed by atoms with Gasteiger partial charge in [0.2, 0.25) is 0 Å². The topological polar surface area (TPSA) is 50.7 Å². The molecule has 2 heterocycles. The summed E-state index contributed by atoms with van der Waals surface area (Å²) in [5, 5.41) is 0. The fraction of sp³-hybridized carbons (Fsp3) is 0.0400. The van der Waals surface area contributed by atoms with E-state index >= 15 is 0 Å². The third-order valence-corrected chi connectivity index (χ3v) is 10.2. The van der Waals surface area contributed by atoms with Crippen LogP contribution in [0.2, 0.25) is 0 Å². The summed E-state index contributed by atoms with van der Waals surface area (Å²) < 4.78 is 4.26. The third kappa shape index (κ3) is 3.87. The monoisotopic (exact) mass is 491 g/mol. The third-order valence-electron chi connectivity index (χ3n) is 5.27. The number of fused-ring (bicyclic) bond motifs is 1. The average Bonchev–Trinajstić information content (AvgIpc) is 3.11. The number of H-pyrrole nitrogens is 1. The van der Waals surface area contributed by atoms with Crippen LogP contribution < -0.4 is 11.9 Å². The summed E-state index contributed by atoms with van der Waals surface area (Å²) in [6.45, 7) is 0. The molecule has 0 radical (unpaired) electrons. The van der Waals surface area contributed by atoms with E-state index in [-0.39, 0.29) is 5.56 Å². The Kier molecular flexibility index (Phi) is 5.32. The maximum absolute atomic E-state index is 13.2. The molecule has 5 heteroatoms. The van der Waals surface area contributed by atoms with Crippen LogP contribution in [0.3, 0.4) is 0 Å². The zero-order chi connectivity index (χ0) is 20.3. The fourth-order valence-electron chi connectivity index (χ4n) is 3.77. The van der Waals surface area contributed by atoms with Crippen LogP contribution in [-0.2, 0) is 30.7 Å². The molecule has 4 nitrogen and oxygen atoms in total. The predicted octanol–water partition coefficient (Wildman–Crippen LogP) is 3.29. The van der Waals surface area contributed by atoms with Gasteiger partial charge in [-0.15, -0.1) is 0 Å². The van der Waals surface area contributed by atoms with Crippen LogP contribution in [-0.4, -0.2) is 14.5 Å². The summed E-state index contributed by atoms with van der Waals surface area (Å²) in [6.07, 6.45) is 2.44. The van der Waals surface area contributed by atoms with Crippen molar-refractivity contribution in [2.75, 3.05) is 0 Å². The van der Waals surface area contributed by atoms with Gasteiger partial charge in [-0.3, -0.25) is 0 Å². The first-order chi connectivity index (χ1) is 14.8. The van der Waals surface area contributed by atoms with Gasteiger partial charge in [0.15, 0.2) is 0 Å². The standard InChI is InChI=1S/C19H14N3O.C6H5.Cd/c23-19-16(11-14-7-3-1-4-8-14)21-18-12-20-17(13-22(18)19)15-9-5-2-6-10-15;1-2-4-6-5-3-1;/h1-10,13,20H,11H2;1-5H;. The van der Waals surface area contributed by atoms with Crippen molar-refractivity contribution in [2.45, 2.75) is 6.42 Å². The van der Waals surface area contributed by atoms with Crippen LogP contribution in [0.5, 0.6) is 0 Å². The van der Waals surface area contributed by atoms with Crippen LogP contribution >= 0.6 is 0 Å². The summed E-state index contributed by atoms with van der Waals surface area (Å²) in [5.74, 6) is 0.783. The predicted molar refractivity (Wildman–Crippen MR) is 116 cm³/mol. The number of rotatable bonds is 5. The molecule has 0 fully saturated rings. The molecule has 0 amide bonds. The van der Waals surface area contributed by atoms with Gasteiger partial charge in [0.05, 0.1) is 0 Å². The molecular weight excluding hydrogens is 471 g/mol. The Morgan fingerprint density at radius 2 is 1.47 bits per heavy atom. The first-order valence-corrected chi connectivity index (χ1v) is 14.1. The summed E-state index contributed by atoms with van der Waals surface area (Å²) in [7, 11) is 0. The van der Waals surface area contributed by atoms with E-state index in [9.17, 15) is 4.79 Å². The molecule has 0 saturated heterocycles. The second-order valence-corrected chi connectivity index (χ2v) is 12.8. The van der Waals surface area contributed by atoms with Crippen molar-refractivity contribution < 1.29 is 24.2 Å². The number of nitrogens with zero attached hydrogens (tertiary/aromatic N) is 2. The quantitative estimate of drug-likeness (QED) is 0.385. The van der Waals surface area contributed by atoms with E-state index in [0.29, 0.717) is 12.1 Å². The number of hydrogen-bond acceptors (Lipinski definition) is 2. The van der Waals surface area contributed by atoms with Crippen LogP contribution in [0, 0.1) is 0 Å². The van der Waals surface area contributed by atoms with Gasteiger partial charge in [0.25, 0.3) is 0 Å². The van der Waals surface area contributed by atoms with Gasteiger partial charge in [-0.1, -0.05) is 0 Å². The number of imidazole rings is 1. The molecule has 5 rings (SSSR count). The van der Waals surface area contributed by atoms with Gasteiger partial charge >= 0.3 is 187 Å². The van der Waals surface area contributed by atoms with Crippen molar-refractivity contribution in [3.05, 3.63) is 119 Å². The number of aromatic nitrogens is 3. The van der Waals surface area contributed by atoms with Gasteiger partial charge in [-0.25, -0.2) is 0 Å². The minimum absolute atomic E-state index is 0.0272. The summed E-state index contributed by atoms with van der Waals surface area (Å²) >= 11 is -1.60. The SMILES string of the molecule is O=c1c(Cc2ccccc2)nc2[c]([Cd][c]3ccccc3)[nH]c(-c3ccccc3)cn1-2. The maximum atomic E-state index is 13.2. The van der Waals surface area contributed by atoms with Gasteiger partial charge < -0.3 is 0 Å². The molecule has 1 N–H and O–H groups in total. The van der Waals surface area contributed by atoms with Crippen molar-refractivity contribution in [3.8, 4) is 17.1 Å². The molecular formula is C25H19CdN3O. The molecule has 0 aliphatic carbocycles. The van der Waals surface area contributed by atoms with Crippen molar-refractivity contribution in [1.82, 2.24) is 14.5 Å². The second kappa shape index (κ2) is 8.39. The molecule has 142 valence electrons. The number of aromatic amines is 1. The Hall–Kier alpha value is -3.00. The van der Waals surface area contributed by atoms with Crippen LogP contribution in [0.15, 0.2) is 102 Å². The Morgan fingerprint density at radius 1 is 0.833 bits per heavy atom. The van der Waals surface area contributed by atoms with Crippen LogP contribution in [0.25, 0.3) is 17.1 Å². The summed E-state index contributed by atoms with van der Waals surface area (Å²) in [4.78, 5) is 21.7. The van der Waals surface area contributed by atoms with E-state index in [1.54, 1.807) is 4.57 Å². The zero-order valence-electron chi connectivity index (χ0n) is 16.5. The second-order valence-electron chi connectivity index (χ2n) is 7.39. The average molecular weight is 490 g/mol. The first kappa shape index (κ1) is 19.0. The molecule has 3 aromatic rings. The van der Waals surface area contributed by atoms with E-state index < -0.39 is 24.2 Å². The Morgan fingerprint density at radius 3 is 2.17 bits per heavy atom. The van der Waals surface area contributed by atoms with Crippen LogP contribution in [0.1, 0.15) is 11.3 Å². The van der Waals surface area contributed by atoms with E-state index in [1.807, 2.05) is 60.8 Å². The van der Waals surface area contributed by atoms with Gasteiger partial charge in [-0.2, -0.15) is 0 Å².